The molecule has 3 rings (SSSR count). The molecule has 1 fully saturated rings. The Morgan fingerprint density at radius 2 is 2.18 bits per heavy atom. The fourth-order valence-corrected chi connectivity index (χ4v) is 4.28. The number of nitrogens with zero attached hydrogens (tertiary/aromatic N) is 1. The topological polar surface area (TPSA) is 66.8 Å². The van der Waals surface area contributed by atoms with E-state index in [4.69, 9.17) is 9.84 Å². The minimum atomic E-state index is -0.892. The van der Waals surface area contributed by atoms with Crippen LogP contribution in [-0.2, 0) is 20.7 Å². The summed E-state index contributed by atoms with van der Waals surface area (Å²) in [5.74, 6) is 0.128. The van der Waals surface area contributed by atoms with Gasteiger partial charge in [-0.1, -0.05) is 24.3 Å². The second-order valence-electron chi connectivity index (χ2n) is 5.57. The highest BCUT2D eigenvalue weighted by atomic mass is 32.2. The minimum Gasteiger partial charge on any atom is -0.481 e. The summed E-state index contributed by atoms with van der Waals surface area (Å²) in [7, 11) is 0. The number of hydrogen-bond acceptors (Lipinski definition) is 4. The molecular weight excluding hydrogens is 302 g/mol. The van der Waals surface area contributed by atoms with Crippen LogP contribution in [0, 0.1) is 0 Å². The number of amides is 1. The molecule has 1 aromatic carbocycles. The molecule has 0 aliphatic carbocycles. The van der Waals surface area contributed by atoms with E-state index in [1.165, 1.54) is 5.56 Å². The lowest BCUT2D eigenvalue weighted by atomic mass is 10.0. The summed E-state index contributed by atoms with van der Waals surface area (Å²) < 4.78 is 5.44. The van der Waals surface area contributed by atoms with Crippen molar-refractivity contribution >= 4 is 23.6 Å². The summed E-state index contributed by atoms with van der Waals surface area (Å²) in [4.78, 5) is 25.4. The summed E-state index contributed by atoms with van der Waals surface area (Å²) in [6.07, 6.45) is 0.534. The van der Waals surface area contributed by atoms with Crippen molar-refractivity contribution in [3.05, 3.63) is 35.4 Å². The first-order valence-corrected chi connectivity index (χ1v) is 8.51. The lowest BCUT2D eigenvalue weighted by molar-refractivity contribution is -0.147. The van der Waals surface area contributed by atoms with Gasteiger partial charge in [0.15, 0.2) is 0 Å². The summed E-state index contributed by atoms with van der Waals surface area (Å²) in [5, 5.41) is 8.71. The molecule has 0 saturated carbocycles. The summed E-state index contributed by atoms with van der Waals surface area (Å²) in [6, 6.07) is 8.09. The van der Waals surface area contributed by atoms with Crippen LogP contribution >= 0.6 is 11.8 Å². The lowest BCUT2D eigenvalue weighted by Crippen LogP contribution is -2.47. The number of aliphatic carboxylic acids is 1. The molecule has 2 atom stereocenters. The number of aryl methyl sites for hydroxylation is 1. The molecule has 1 saturated heterocycles. The van der Waals surface area contributed by atoms with E-state index in [1.54, 1.807) is 16.7 Å². The standard InChI is InChI=1S/C16H19NO4S/c18-14(19)9-12-10-17(6-7-21-12)16(20)15-13-4-2-1-3-11(13)5-8-22-15/h1-4,12,15H,5-10H2,(H,18,19)/t12-,15+/m0/s1. The molecule has 5 nitrogen and oxygen atoms in total. The predicted molar refractivity (Wildman–Crippen MR) is 83.9 cm³/mol. The molecule has 1 aromatic rings. The molecule has 0 bridgehead atoms. The van der Waals surface area contributed by atoms with Crippen LogP contribution in [0.2, 0.25) is 0 Å². The molecule has 1 N–H and O–H groups in total. The first-order chi connectivity index (χ1) is 10.6. The maximum Gasteiger partial charge on any atom is 0.306 e. The van der Waals surface area contributed by atoms with Crippen LogP contribution in [0.4, 0.5) is 0 Å². The number of hydrogen-bond donors (Lipinski definition) is 1. The van der Waals surface area contributed by atoms with Gasteiger partial charge in [-0.25, -0.2) is 0 Å². The highest BCUT2D eigenvalue weighted by Crippen LogP contribution is 2.38. The van der Waals surface area contributed by atoms with E-state index in [9.17, 15) is 9.59 Å². The third-order valence-corrected chi connectivity index (χ3v) is 5.30. The first kappa shape index (κ1) is 15.4. The predicted octanol–water partition coefficient (Wildman–Crippen LogP) is 1.72. The second kappa shape index (κ2) is 6.71. The molecule has 22 heavy (non-hydrogen) atoms. The van der Waals surface area contributed by atoms with Crippen LogP contribution in [0.5, 0.6) is 0 Å². The van der Waals surface area contributed by atoms with Gasteiger partial charge in [0.25, 0.3) is 0 Å². The Morgan fingerprint density at radius 1 is 1.36 bits per heavy atom. The van der Waals surface area contributed by atoms with Gasteiger partial charge in [0.1, 0.15) is 5.25 Å². The number of carboxylic acids is 1. The highest BCUT2D eigenvalue weighted by Gasteiger charge is 2.33. The third-order valence-electron chi connectivity index (χ3n) is 4.07. The Morgan fingerprint density at radius 3 is 3.00 bits per heavy atom. The van der Waals surface area contributed by atoms with Gasteiger partial charge in [0, 0.05) is 13.1 Å². The smallest absolute Gasteiger partial charge is 0.306 e. The fourth-order valence-electron chi connectivity index (χ4n) is 3.00. The molecule has 0 spiro atoms. The van der Waals surface area contributed by atoms with E-state index in [0.717, 1.165) is 17.7 Å². The van der Waals surface area contributed by atoms with Crippen molar-refractivity contribution in [1.82, 2.24) is 4.90 Å². The molecule has 6 heteroatoms. The van der Waals surface area contributed by atoms with Gasteiger partial charge < -0.3 is 14.7 Å². The van der Waals surface area contributed by atoms with E-state index in [-0.39, 0.29) is 17.6 Å². The molecule has 118 valence electrons. The Bertz CT molecular complexity index is 577. The lowest BCUT2D eigenvalue weighted by Gasteiger charge is -2.35. The van der Waals surface area contributed by atoms with E-state index in [1.807, 2.05) is 18.2 Å². The van der Waals surface area contributed by atoms with Gasteiger partial charge in [-0.15, -0.1) is 11.8 Å². The zero-order valence-corrected chi connectivity index (χ0v) is 13.1. The maximum absolute atomic E-state index is 12.8. The van der Waals surface area contributed by atoms with Crippen LogP contribution in [0.3, 0.4) is 0 Å². The SMILES string of the molecule is O=C(O)C[C@H]1CN(C(=O)[C@@H]2SCCc3ccccc32)CCO1. The molecule has 2 aliphatic rings. The number of carboxylic acid groups (broad SMARTS) is 1. The average Bonchev–Trinajstić information content (AvgIpc) is 2.53. The fraction of sp³-hybridized carbons (Fsp3) is 0.500. The van der Waals surface area contributed by atoms with Crippen LogP contribution < -0.4 is 0 Å². The number of carbonyl (C=O) groups excluding carboxylic acids is 1. The van der Waals surface area contributed by atoms with Crippen molar-refractivity contribution in [2.24, 2.45) is 0 Å². The Labute approximate surface area is 133 Å². The van der Waals surface area contributed by atoms with Crippen LogP contribution in [0.25, 0.3) is 0 Å². The van der Waals surface area contributed by atoms with Gasteiger partial charge in [0.05, 0.1) is 19.1 Å². The van der Waals surface area contributed by atoms with Crippen molar-refractivity contribution in [2.45, 2.75) is 24.2 Å². The largest absolute Gasteiger partial charge is 0.481 e. The number of morpholine rings is 1. The summed E-state index contributed by atoms with van der Waals surface area (Å²) in [5.41, 5.74) is 2.35. The molecule has 0 radical (unpaired) electrons. The number of rotatable bonds is 3. The molecule has 2 aliphatic heterocycles. The Balaban J connectivity index is 1.73. The van der Waals surface area contributed by atoms with Crippen LogP contribution in [0.15, 0.2) is 24.3 Å². The van der Waals surface area contributed by atoms with Crippen molar-refractivity contribution in [2.75, 3.05) is 25.4 Å². The van der Waals surface area contributed by atoms with Crippen LogP contribution in [-0.4, -0.2) is 53.4 Å². The maximum atomic E-state index is 12.8. The van der Waals surface area contributed by atoms with Gasteiger partial charge in [-0.2, -0.15) is 0 Å². The monoisotopic (exact) mass is 321 g/mol. The number of thioether (sulfide) groups is 1. The highest BCUT2D eigenvalue weighted by molar-refractivity contribution is 8.00. The van der Waals surface area contributed by atoms with Gasteiger partial charge >= 0.3 is 5.97 Å². The number of carbonyl (C=O) groups is 2. The average molecular weight is 321 g/mol. The number of ether oxygens (including phenoxy) is 1. The Hall–Kier alpha value is -1.53. The second-order valence-corrected chi connectivity index (χ2v) is 6.79. The van der Waals surface area contributed by atoms with Crippen LogP contribution in [0.1, 0.15) is 22.8 Å². The normalized spacial score (nSPS) is 24.6. The van der Waals surface area contributed by atoms with Crippen molar-refractivity contribution < 1.29 is 19.4 Å². The summed E-state index contributed by atoms with van der Waals surface area (Å²) >= 11 is 1.67. The van der Waals surface area contributed by atoms with E-state index in [2.05, 4.69) is 6.07 Å². The molecule has 0 unspecified atom stereocenters. The third kappa shape index (κ3) is 3.28. The van der Waals surface area contributed by atoms with E-state index in [0.29, 0.717) is 19.7 Å². The van der Waals surface area contributed by atoms with Crippen molar-refractivity contribution in [1.29, 1.82) is 0 Å². The van der Waals surface area contributed by atoms with Crippen molar-refractivity contribution in [3.8, 4) is 0 Å². The van der Waals surface area contributed by atoms with E-state index < -0.39 is 12.1 Å². The summed E-state index contributed by atoms with van der Waals surface area (Å²) in [6.45, 7) is 1.31. The Kier molecular flexibility index (Phi) is 4.69. The molecule has 0 aromatic heterocycles. The van der Waals surface area contributed by atoms with Gasteiger partial charge in [-0.05, 0) is 23.3 Å². The quantitative estimate of drug-likeness (QED) is 0.918. The van der Waals surface area contributed by atoms with Crippen molar-refractivity contribution in [3.63, 3.8) is 0 Å². The van der Waals surface area contributed by atoms with Gasteiger partial charge in [-0.3, -0.25) is 9.59 Å². The van der Waals surface area contributed by atoms with Gasteiger partial charge in [0.2, 0.25) is 5.91 Å². The molecule has 2 heterocycles. The minimum absolute atomic E-state index is 0.0574. The zero-order chi connectivity index (χ0) is 15.5. The van der Waals surface area contributed by atoms with E-state index >= 15 is 0 Å². The first-order valence-electron chi connectivity index (χ1n) is 7.46. The molecular formula is C16H19NO4S. The molecule has 1 amide bonds. The number of fused-ring (bicyclic) bond motifs is 1. The zero-order valence-electron chi connectivity index (χ0n) is 12.2. The number of benzene rings is 1.